The largest absolute Gasteiger partial charge is 0.472 e. The van der Waals surface area contributed by atoms with Gasteiger partial charge in [0.15, 0.2) is 11.9 Å². The van der Waals surface area contributed by atoms with Crippen molar-refractivity contribution in [3.05, 3.63) is 48.0 Å². The van der Waals surface area contributed by atoms with Crippen LogP contribution >= 0.6 is 7.82 Å². The Balaban J connectivity index is 1.28. The molecule has 0 bridgehead atoms. The molecule has 2 atom stereocenters. The van der Waals surface area contributed by atoms with E-state index < -0.39 is 32.5 Å². The molecule has 0 radical (unpaired) electrons. The number of nitrogens with one attached hydrogen (secondary N) is 1. The zero-order chi connectivity index (χ0) is 52.3. The highest BCUT2D eigenvalue weighted by molar-refractivity contribution is 7.47. The molecule has 2 N–H and O–H groups in total. The van der Waals surface area contributed by atoms with E-state index in [1.807, 2.05) is 36.5 Å². The molecule has 3 rings (SSSR count). The molecule has 0 aliphatic rings. The Morgan fingerprint density at radius 3 is 1.66 bits per heavy atom. The Kier molecular flexibility index (Phi) is 36.4. The summed E-state index contributed by atoms with van der Waals surface area (Å²) in [5.41, 5.74) is 1.67. The molecule has 2 heterocycles. The van der Waals surface area contributed by atoms with Crippen molar-refractivity contribution < 1.29 is 42.4 Å². The van der Waals surface area contributed by atoms with Crippen molar-refractivity contribution in [1.82, 2.24) is 40.7 Å². The zero-order valence-corrected chi connectivity index (χ0v) is 45.8. The number of amides is 1. The molecule has 0 saturated heterocycles. The molecule has 0 spiro atoms. The zero-order valence-electron chi connectivity index (χ0n) is 44.9. The van der Waals surface area contributed by atoms with E-state index in [-0.39, 0.29) is 44.9 Å². The van der Waals surface area contributed by atoms with Crippen molar-refractivity contribution in [3.63, 3.8) is 0 Å². The molecule has 0 fully saturated rings. The smallest absolute Gasteiger partial charge is 0.462 e. The second kappa shape index (κ2) is 42.1. The highest BCUT2D eigenvalue weighted by Crippen LogP contribution is 2.43. The van der Waals surface area contributed by atoms with Gasteiger partial charge >= 0.3 is 19.8 Å². The number of phosphoric ester groups is 1. The first-order valence-corrected chi connectivity index (χ1v) is 29.9. The average Bonchev–Trinajstić information content (AvgIpc) is 3.86. The number of rotatable bonds is 48. The lowest BCUT2D eigenvalue weighted by Crippen LogP contribution is -2.30. The quantitative estimate of drug-likeness (QED) is 0.0305. The van der Waals surface area contributed by atoms with Crippen LogP contribution in [0.15, 0.2) is 36.5 Å². The van der Waals surface area contributed by atoms with E-state index in [9.17, 15) is 23.8 Å². The fourth-order valence-corrected chi connectivity index (χ4v) is 9.19. The van der Waals surface area contributed by atoms with Crippen LogP contribution < -0.4 is 5.32 Å². The number of nitrogens with zero attached hydrogens (tertiary/aromatic N) is 7. The van der Waals surface area contributed by atoms with Crippen molar-refractivity contribution in [3.8, 4) is 11.4 Å². The normalized spacial score (nSPS) is 12.6. The van der Waals surface area contributed by atoms with E-state index in [1.54, 1.807) is 4.68 Å². The maximum atomic E-state index is 12.9. The van der Waals surface area contributed by atoms with Gasteiger partial charge in [0.05, 0.1) is 18.9 Å². The molecular formula is C55H93N8O9P. The van der Waals surface area contributed by atoms with Gasteiger partial charge in [-0.15, -0.1) is 25.5 Å². The van der Waals surface area contributed by atoms with Gasteiger partial charge in [0.25, 0.3) is 0 Å². The molecule has 2 aromatic heterocycles. The van der Waals surface area contributed by atoms with Crippen LogP contribution in [0.5, 0.6) is 0 Å². The Hall–Kier alpha value is -4.18. The second-order valence-electron chi connectivity index (χ2n) is 19.5. The fourth-order valence-electron chi connectivity index (χ4n) is 8.44. The SMILES string of the molecule is CCCCCCCCCCCCCCCC(=O)OC[C@H](COP(=O)(O)OCCNC(=O)CCCCCn1cc(CCc2nnc(-c3ccccc3)nn2)nn1)OC(=O)CCCCCCCCCCCCCCC. The van der Waals surface area contributed by atoms with E-state index in [0.29, 0.717) is 50.3 Å². The first kappa shape index (κ1) is 63.1. The van der Waals surface area contributed by atoms with E-state index >= 15 is 0 Å². The molecule has 3 aromatic rings. The van der Waals surface area contributed by atoms with Crippen LogP contribution in [0.2, 0.25) is 0 Å². The molecule has 17 nitrogen and oxygen atoms in total. The van der Waals surface area contributed by atoms with E-state index in [2.05, 4.69) is 49.9 Å². The average molecular weight is 1040 g/mol. The number of aryl methyl sites for hydroxylation is 3. The lowest BCUT2D eigenvalue weighted by Gasteiger charge is -2.20. The minimum absolute atomic E-state index is 0.00282. The minimum atomic E-state index is -4.59. The molecular weight excluding hydrogens is 948 g/mol. The summed E-state index contributed by atoms with van der Waals surface area (Å²) >= 11 is 0. The predicted octanol–water partition coefficient (Wildman–Crippen LogP) is 12.5. The van der Waals surface area contributed by atoms with Gasteiger partial charge in [-0.25, -0.2) is 4.57 Å². The van der Waals surface area contributed by atoms with Crippen molar-refractivity contribution in [1.29, 1.82) is 0 Å². The van der Waals surface area contributed by atoms with Crippen molar-refractivity contribution >= 4 is 25.7 Å². The fraction of sp³-hybridized carbons (Fsp3) is 0.764. The number of benzene rings is 1. The van der Waals surface area contributed by atoms with Gasteiger partial charge in [0.1, 0.15) is 6.61 Å². The van der Waals surface area contributed by atoms with Gasteiger partial charge in [0, 0.05) is 57.0 Å². The van der Waals surface area contributed by atoms with Crippen LogP contribution in [-0.4, -0.2) is 90.6 Å². The summed E-state index contributed by atoms with van der Waals surface area (Å²) in [6, 6.07) is 9.56. The van der Waals surface area contributed by atoms with E-state index in [0.717, 1.165) is 62.6 Å². The highest BCUT2D eigenvalue weighted by Gasteiger charge is 2.26. The van der Waals surface area contributed by atoms with Gasteiger partial charge in [-0.05, 0) is 25.7 Å². The third-order valence-electron chi connectivity index (χ3n) is 12.8. The van der Waals surface area contributed by atoms with Gasteiger partial charge in [-0.1, -0.05) is 210 Å². The predicted molar refractivity (Wildman–Crippen MR) is 285 cm³/mol. The Morgan fingerprint density at radius 2 is 1.10 bits per heavy atom. The standard InChI is InChI=1S/C55H93N8O9P/c1-3-5-7-9-11-13-15-17-19-21-23-25-32-38-53(65)69-46-50(72-54(66)39-33-26-24-22-20-18-16-14-12-10-8-6-4-2)47-71-73(67,68)70-44-42-56-52(64)37-31-28-34-43-63-45-49(57-62-63)40-41-51-58-60-55(61-59-51)48-35-29-27-30-36-48/h27,29-30,35-36,45,50H,3-26,28,31-34,37-44,46-47H2,1-2H3,(H,56,64)(H,67,68)/t50-/m1/s1. The van der Waals surface area contributed by atoms with Crippen LogP contribution in [0.3, 0.4) is 0 Å². The first-order valence-electron chi connectivity index (χ1n) is 28.4. The number of esters is 2. The Labute approximate surface area is 437 Å². The molecule has 0 aliphatic carbocycles. The lowest BCUT2D eigenvalue weighted by molar-refractivity contribution is -0.161. The van der Waals surface area contributed by atoms with Crippen molar-refractivity contribution in [2.45, 2.75) is 245 Å². The number of carbonyl (C=O) groups is 3. The van der Waals surface area contributed by atoms with Crippen LogP contribution in [0, 0.1) is 0 Å². The first-order chi connectivity index (χ1) is 35.7. The van der Waals surface area contributed by atoms with Gasteiger partial charge in [-0.3, -0.25) is 28.1 Å². The molecule has 18 heteroatoms. The van der Waals surface area contributed by atoms with E-state index in [1.165, 1.54) is 116 Å². The van der Waals surface area contributed by atoms with Crippen molar-refractivity contribution in [2.24, 2.45) is 0 Å². The minimum Gasteiger partial charge on any atom is -0.462 e. The number of hydrogen-bond acceptors (Lipinski definition) is 14. The summed E-state index contributed by atoms with van der Waals surface area (Å²) in [7, 11) is -4.59. The molecule has 412 valence electrons. The third-order valence-corrected chi connectivity index (χ3v) is 13.8. The maximum absolute atomic E-state index is 12.9. The summed E-state index contributed by atoms with van der Waals surface area (Å²) in [6.07, 6.45) is 36.0. The van der Waals surface area contributed by atoms with Crippen LogP contribution in [0.1, 0.15) is 231 Å². The van der Waals surface area contributed by atoms with Crippen LogP contribution in [0.4, 0.5) is 0 Å². The number of unbranched alkanes of at least 4 members (excludes halogenated alkanes) is 26. The lowest BCUT2D eigenvalue weighted by atomic mass is 10.0. The molecule has 1 amide bonds. The van der Waals surface area contributed by atoms with Gasteiger partial charge in [-0.2, -0.15) is 0 Å². The summed E-state index contributed by atoms with van der Waals surface area (Å²) in [5, 5.41) is 27.9. The molecule has 0 aliphatic heterocycles. The monoisotopic (exact) mass is 1040 g/mol. The number of ether oxygens (including phenoxy) is 2. The highest BCUT2D eigenvalue weighted by atomic mass is 31.2. The molecule has 1 unspecified atom stereocenters. The maximum Gasteiger partial charge on any atom is 0.472 e. The summed E-state index contributed by atoms with van der Waals surface area (Å²) < 4.78 is 35.9. The number of hydrogen-bond donors (Lipinski definition) is 2. The second-order valence-corrected chi connectivity index (χ2v) is 21.0. The summed E-state index contributed by atoms with van der Waals surface area (Å²) in [4.78, 5) is 48.4. The van der Waals surface area contributed by atoms with Gasteiger partial charge < -0.3 is 19.7 Å². The van der Waals surface area contributed by atoms with Crippen molar-refractivity contribution in [2.75, 3.05) is 26.4 Å². The summed E-state index contributed by atoms with van der Waals surface area (Å²) in [5.74, 6) is -0.0927. The number of aromatic nitrogens is 7. The van der Waals surface area contributed by atoms with Crippen LogP contribution in [-0.2, 0) is 56.9 Å². The Morgan fingerprint density at radius 1 is 0.589 bits per heavy atom. The third kappa shape index (κ3) is 34.1. The Bertz CT molecular complexity index is 1890. The van der Waals surface area contributed by atoms with E-state index in [4.69, 9.17) is 18.5 Å². The topological polar surface area (TPSA) is 220 Å². The molecule has 0 saturated carbocycles. The molecule has 73 heavy (non-hydrogen) atoms. The number of phosphoric acid groups is 1. The van der Waals surface area contributed by atoms with Crippen LogP contribution in [0.25, 0.3) is 11.4 Å². The van der Waals surface area contributed by atoms with Gasteiger partial charge in [0.2, 0.25) is 11.7 Å². The number of carbonyl (C=O) groups excluding carboxylic acids is 3. The summed E-state index contributed by atoms with van der Waals surface area (Å²) in [6.45, 7) is 4.07. The molecule has 1 aromatic carbocycles.